The summed E-state index contributed by atoms with van der Waals surface area (Å²) in [5.41, 5.74) is 5.23. The summed E-state index contributed by atoms with van der Waals surface area (Å²) in [6.45, 7) is 6.56. The van der Waals surface area contributed by atoms with Crippen LogP contribution in [0.1, 0.15) is 16.7 Å². The lowest BCUT2D eigenvalue weighted by Crippen LogP contribution is -2.49. The molecule has 6 heteroatoms. The summed E-state index contributed by atoms with van der Waals surface area (Å²) in [6, 6.07) is 23.3. The number of para-hydroxylation sites is 1. The monoisotopic (exact) mass is 441 g/mol. The van der Waals surface area contributed by atoms with Crippen LogP contribution in [-0.4, -0.2) is 55.1 Å². The number of amides is 1. The molecule has 3 aromatic rings. The zero-order valence-corrected chi connectivity index (χ0v) is 19.0. The molecule has 1 N–H and O–H groups in total. The number of pyridine rings is 1. The van der Waals surface area contributed by atoms with Gasteiger partial charge in [0.1, 0.15) is 5.82 Å². The van der Waals surface area contributed by atoms with Crippen molar-refractivity contribution in [2.45, 2.75) is 19.5 Å². The summed E-state index contributed by atoms with van der Waals surface area (Å²) in [5.74, 6) is 1.10. The first-order valence-electron chi connectivity index (χ1n) is 11.8. The molecule has 0 aliphatic carbocycles. The summed E-state index contributed by atoms with van der Waals surface area (Å²) in [5, 5.41) is 3.08. The van der Waals surface area contributed by atoms with Crippen molar-refractivity contribution in [1.29, 1.82) is 0 Å². The van der Waals surface area contributed by atoms with Crippen molar-refractivity contribution in [3.05, 3.63) is 89.6 Å². The van der Waals surface area contributed by atoms with Gasteiger partial charge in [-0.05, 0) is 41.3 Å². The van der Waals surface area contributed by atoms with Gasteiger partial charge >= 0.3 is 0 Å². The number of aromatic nitrogens is 1. The maximum atomic E-state index is 12.5. The fourth-order valence-electron chi connectivity index (χ4n) is 4.69. The third-order valence-corrected chi connectivity index (χ3v) is 6.58. The number of fused-ring (bicyclic) bond motifs is 1. The number of piperazine rings is 1. The zero-order chi connectivity index (χ0) is 22.5. The van der Waals surface area contributed by atoms with Gasteiger partial charge in [0, 0.05) is 57.7 Å². The molecular weight excluding hydrogens is 410 g/mol. The zero-order valence-electron chi connectivity index (χ0n) is 19.0. The number of carbonyl (C=O) groups is 1. The molecule has 0 radical (unpaired) electrons. The van der Waals surface area contributed by atoms with Crippen molar-refractivity contribution in [2.75, 3.05) is 49.1 Å². The number of hydrogen-bond acceptors (Lipinski definition) is 5. The second-order valence-corrected chi connectivity index (χ2v) is 8.84. The van der Waals surface area contributed by atoms with E-state index in [4.69, 9.17) is 0 Å². The van der Waals surface area contributed by atoms with Gasteiger partial charge in [0.15, 0.2) is 0 Å². The number of benzene rings is 2. The second kappa shape index (κ2) is 10.0. The van der Waals surface area contributed by atoms with Crippen molar-refractivity contribution in [2.24, 2.45) is 0 Å². The molecule has 3 heterocycles. The lowest BCUT2D eigenvalue weighted by atomic mass is 10.1. The maximum absolute atomic E-state index is 12.5. The first kappa shape index (κ1) is 21.5. The Balaban J connectivity index is 1.05. The molecule has 1 fully saturated rings. The van der Waals surface area contributed by atoms with Gasteiger partial charge in [0.05, 0.1) is 6.54 Å². The minimum absolute atomic E-state index is 0.0824. The number of hydrogen-bond donors (Lipinski definition) is 1. The number of carbonyl (C=O) groups excluding carboxylic acids is 1. The predicted octanol–water partition coefficient (Wildman–Crippen LogP) is 3.08. The van der Waals surface area contributed by atoms with Crippen LogP contribution in [0, 0.1) is 0 Å². The van der Waals surface area contributed by atoms with Crippen LogP contribution in [0.4, 0.5) is 11.5 Å². The molecule has 2 aliphatic heterocycles. The summed E-state index contributed by atoms with van der Waals surface area (Å²) < 4.78 is 0. The quantitative estimate of drug-likeness (QED) is 0.611. The first-order valence-corrected chi connectivity index (χ1v) is 11.8. The van der Waals surface area contributed by atoms with E-state index in [-0.39, 0.29) is 5.91 Å². The molecule has 1 amide bonds. The van der Waals surface area contributed by atoms with Gasteiger partial charge in [-0.25, -0.2) is 4.98 Å². The number of rotatable bonds is 7. The topological polar surface area (TPSA) is 51.7 Å². The lowest BCUT2D eigenvalue weighted by molar-refractivity contribution is -0.122. The fourth-order valence-corrected chi connectivity index (χ4v) is 4.69. The van der Waals surface area contributed by atoms with Crippen LogP contribution in [0.5, 0.6) is 0 Å². The molecule has 0 bridgehead atoms. The Morgan fingerprint density at radius 1 is 0.848 bits per heavy atom. The summed E-state index contributed by atoms with van der Waals surface area (Å²) >= 11 is 0. The highest BCUT2D eigenvalue weighted by Gasteiger charge is 2.20. The maximum Gasteiger partial charge on any atom is 0.234 e. The van der Waals surface area contributed by atoms with Gasteiger partial charge in [-0.1, -0.05) is 48.5 Å². The van der Waals surface area contributed by atoms with Crippen molar-refractivity contribution >= 4 is 17.4 Å². The van der Waals surface area contributed by atoms with Crippen LogP contribution >= 0.6 is 0 Å². The Hall–Kier alpha value is -3.38. The van der Waals surface area contributed by atoms with Gasteiger partial charge in [-0.15, -0.1) is 0 Å². The van der Waals surface area contributed by atoms with Crippen molar-refractivity contribution < 1.29 is 4.79 Å². The van der Waals surface area contributed by atoms with Crippen molar-refractivity contribution in [1.82, 2.24) is 15.2 Å². The molecule has 2 aliphatic rings. The minimum Gasteiger partial charge on any atom is -0.367 e. The standard InChI is InChI=1S/C27H31N5O/c33-27(21-30-15-17-31(18-16-30)26-7-3-4-13-28-26)29-19-22-8-10-23(11-9-22)20-32-14-12-24-5-1-2-6-25(24)32/h1-11,13H,12,14-21H2,(H,29,33). The summed E-state index contributed by atoms with van der Waals surface area (Å²) in [6.07, 6.45) is 2.95. The molecule has 6 nitrogen and oxygen atoms in total. The molecule has 170 valence electrons. The molecule has 5 rings (SSSR count). The van der Waals surface area contributed by atoms with E-state index in [1.807, 2.05) is 24.4 Å². The summed E-state index contributed by atoms with van der Waals surface area (Å²) in [4.78, 5) is 23.8. The van der Waals surface area contributed by atoms with Gasteiger partial charge in [0.25, 0.3) is 0 Å². The van der Waals surface area contributed by atoms with Crippen LogP contribution in [0.3, 0.4) is 0 Å². The Kier molecular flexibility index (Phi) is 6.53. The number of nitrogens with zero attached hydrogens (tertiary/aromatic N) is 4. The van der Waals surface area contributed by atoms with Crippen LogP contribution in [-0.2, 0) is 24.3 Å². The van der Waals surface area contributed by atoms with Crippen molar-refractivity contribution in [3.8, 4) is 0 Å². The summed E-state index contributed by atoms with van der Waals surface area (Å²) in [7, 11) is 0. The molecule has 1 saturated heterocycles. The van der Waals surface area contributed by atoms with Crippen LogP contribution in [0.2, 0.25) is 0 Å². The van der Waals surface area contributed by atoms with E-state index < -0.39 is 0 Å². The third-order valence-electron chi connectivity index (χ3n) is 6.58. The molecule has 0 atom stereocenters. The highest BCUT2D eigenvalue weighted by Crippen LogP contribution is 2.28. The van der Waals surface area contributed by atoms with Gasteiger partial charge in [-0.3, -0.25) is 9.69 Å². The number of nitrogens with one attached hydrogen (secondary N) is 1. The highest BCUT2D eigenvalue weighted by atomic mass is 16.2. The Bertz CT molecular complexity index is 1060. The Labute approximate surface area is 195 Å². The molecule has 33 heavy (non-hydrogen) atoms. The SMILES string of the molecule is O=C(CN1CCN(c2ccccn2)CC1)NCc1ccc(CN2CCc3ccccc32)cc1. The van der Waals surface area contributed by atoms with E-state index in [1.54, 1.807) is 0 Å². The van der Waals surface area contributed by atoms with Gasteiger partial charge in [0.2, 0.25) is 5.91 Å². The molecule has 1 aromatic heterocycles. The van der Waals surface area contributed by atoms with Crippen LogP contribution < -0.4 is 15.1 Å². The van der Waals surface area contributed by atoms with Crippen molar-refractivity contribution in [3.63, 3.8) is 0 Å². The van der Waals surface area contributed by atoms with Crippen LogP contribution in [0.25, 0.3) is 0 Å². The van der Waals surface area contributed by atoms with E-state index in [0.717, 1.165) is 57.1 Å². The average molecular weight is 442 g/mol. The lowest BCUT2D eigenvalue weighted by Gasteiger charge is -2.34. The van der Waals surface area contributed by atoms with Gasteiger partial charge < -0.3 is 15.1 Å². The highest BCUT2D eigenvalue weighted by molar-refractivity contribution is 5.78. The normalized spacial score (nSPS) is 16.0. The molecule has 0 saturated carbocycles. The van der Waals surface area contributed by atoms with Gasteiger partial charge in [-0.2, -0.15) is 0 Å². The van der Waals surface area contributed by atoms with E-state index in [9.17, 15) is 4.79 Å². The average Bonchev–Trinajstić information content (AvgIpc) is 3.27. The fraction of sp³-hybridized carbons (Fsp3) is 0.333. The molecule has 0 spiro atoms. The third kappa shape index (κ3) is 5.34. The minimum atomic E-state index is 0.0824. The van der Waals surface area contributed by atoms with E-state index in [2.05, 4.69) is 73.5 Å². The molecule has 2 aromatic carbocycles. The second-order valence-electron chi connectivity index (χ2n) is 8.84. The molecular formula is C27H31N5O. The van der Waals surface area contributed by atoms with Crippen LogP contribution in [0.15, 0.2) is 72.9 Å². The molecule has 0 unspecified atom stereocenters. The Morgan fingerprint density at radius 2 is 1.61 bits per heavy atom. The Morgan fingerprint density at radius 3 is 2.39 bits per heavy atom. The van der Waals surface area contributed by atoms with E-state index >= 15 is 0 Å². The number of anilines is 2. The predicted molar refractivity (Wildman–Crippen MR) is 132 cm³/mol. The van der Waals surface area contributed by atoms with E-state index in [1.165, 1.54) is 16.8 Å². The smallest absolute Gasteiger partial charge is 0.234 e. The van der Waals surface area contributed by atoms with E-state index in [0.29, 0.717) is 13.1 Å². The first-order chi connectivity index (χ1) is 16.2. The largest absolute Gasteiger partial charge is 0.367 e.